The van der Waals surface area contributed by atoms with Gasteiger partial charge in [-0.15, -0.1) is 10.2 Å². The normalized spacial score (nSPS) is 14.6. The van der Waals surface area contributed by atoms with Gasteiger partial charge in [0.25, 0.3) is 5.91 Å². The maximum absolute atomic E-state index is 13.2. The first-order valence-corrected chi connectivity index (χ1v) is 9.91. The van der Waals surface area contributed by atoms with Crippen LogP contribution in [0.15, 0.2) is 41.4 Å². The number of halogens is 1. The zero-order valence-electron chi connectivity index (χ0n) is 14.8. The summed E-state index contributed by atoms with van der Waals surface area (Å²) in [4.78, 5) is 24.1. The van der Waals surface area contributed by atoms with Gasteiger partial charge in [-0.2, -0.15) is 0 Å². The number of hydrogen-bond donors (Lipinski definition) is 2. The maximum atomic E-state index is 13.2. The quantitative estimate of drug-likeness (QED) is 0.741. The van der Waals surface area contributed by atoms with Crippen LogP contribution in [0.5, 0.6) is 0 Å². The first-order valence-electron chi connectivity index (χ1n) is 8.93. The van der Waals surface area contributed by atoms with Crippen LogP contribution in [0, 0.1) is 5.82 Å². The number of rotatable bonds is 6. The van der Waals surface area contributed by atoms with Crippen LogP contribution in [0.4, 0.5) is 10.2 Å². The average Bonchev–Trinajstić information content (AvgIpc) is 2.68. The van der Waals surface area contributed by atoms with E-state index in [9.17, 15) is 14.0 Å². The highest BCUT2D eigenvalue weighted by Crippen LogP contribution is 2.19. The number of hydrogen-bond acceptors (Lipinski definition) is 5. The zero-order valence-corrected chi connectivity index (χ0v) is 15.6. The lowest BCUT2D eigenvalue weighted by Crippen LogP contribution is -2.37. The molecule has 0 unspecified atom stereocenters. The smallest absolute Gasteiger partial charge is 0.256 e. The van der Waals surface area contributed by atoms with Gasteiger partial charge >= 0.3 is 0 Å². The summed E-state index contributed by atoms with van der Waals surface area (Å²) in [6.45, 7) is 0. The number of nitrogens with one attached hydrogen (secondary N) is 2. The molecule has 6 nitrogen and oxygen atoms in total. The molecule has 0 aliphatic heterocycles. The second-order valence-electron chi connectivity index (χ2n) is 6.41. The second kappa shape index (κ2) is 9.45. The Morgan fingerprint density at radius 3 is 2.63 bits per heavy atom. The molecule has 1 aliphatic carbocycles. The fourth-order valence-corrected chi connectivity index (χ4v) is 3.56. The highest BCUT2D eigenvalue weighted by molar-refractivity contribution is 7.99. The van der Waals surface area contributed by atoms with E-state index >= 15 is 0 Å². The maximum Gasteiger partial charge on any atom is 0.256 e. The van der Waals surface area contributed by atoms with Crippen LogP contribution in [0.1, 0.15) is 42.5 Å². The van der Waals surface area contributed by atoms with Gasteiger partial charge in [-0.05, 0) is 43.2 Å². The van der Waals surface area contributed by atoms with Crippen LogP contribution in [-0.2, 0) is 4.79 Å². The van der Waals surface area contributed by atoms with Crippen molar-refractivity contribution in [3.8, 4) is 0 Å². The SMILES string of the molecule is O=C(CSc1ccc(NC(=O)c2cccc(F)c2)nn1)NC1CCCCC1. The molecule has 1 aromatic heterocycles. The molecule has 0 atom stereocenters. The molecule has 2 aromatic rings. The van der Waals surface area contributed by atoms with Crippen LogP contribution in [0.2, 0.25) is 0 Å². The monoisotopic (exact) mass is 388 g/mol. The molecule has 1 aliphatic rings. The molecule has 3 rings (SSSR count). The summed E-state index contributed by atoms with van der Waals surface area (Å²) in [5, 5.41) is 14.2. The standard InChI is InChI=1S/C19H21FN4O2S/c20-14-6-4-5-13(11-14)19(26)22-16-9-10-18(24-23-16)27-12-17(25)21-15-7-2-1-3-8-15/h4-6,9-11,15H,1-3,7-8,12H2,(H,21,25)(H,22,23,26). The molecule has 0 spiro atoms. The number of thioether (sulfide) groups is 1. The van der Waals surface area contributed by atoms with Crippen LogP contribution in [-0.4, -0.2) is 33.8 Å². The molecule has 1 saturated carbocycles. The lowest BCUT2D eigenvalue weighted by molar-refractivity contribution is -0.119. The third-order valence-electron chi connectivity index (χ3n) is 4.29. The van der Waals surface area contributed by atoms with Gasteiger partial charge in [0.2, 0.25) is 5.91 Å². The molecule has 1 aromatic carbocycles. The minimum absolute atomic E-state index is 0.00261. The summed E-state index contributed by atoms with van der Waals surface area (Å²) < 4.78 is 13.2. The molecule has 2 amide bonds. The molecule has 2 N–H and O–H groups in total. The van der Waals surface area contributed by atoms with E-state index in [-0.39, 0.29) is 23.0 Å². The summed E-state index contributed by atoms with van der Waals surface area (Å²) in [6.07, 6.45) is 5.70. The van der Waals surface area contributed by atoms with Gasteiger partial charge in [0.05, 0.1) is 5.75 Å². The minimum atomic E-state index is -0.480. The first kappa shape index (κ1) is 19.3. The van der Waals surface area contributed by atoms with E-state index in [1.165, 1.54) is 49.2 Å². The molecule has 27 heavy (non-hydrogen) atoms. The Labute approximate surface area is 161 Å². The van der Waals surface area contributed by atoms with Crippen molar-refractivity contribution in [3.63, 3.8) is 0 Å². The molecule has 0 bridgehead atoms. The van der Waals surface area contributed by atoms with Crippen molar-refractivity contribution in [1.82, 2.24) is 15.5 Å². The summed E-state index contributed by atoms with van der Waals surface area (Å²) >= 11 is 1.30. The van der Waals surface area contributed by atoms with Gasteiger partial charge in [0, 0.05) is 11.6 Å². The van der Waals surface area contributed by atoms with E-state index in [2.05, 4.69) is 20.8 Å². The second-order valence-corrected chi connectivity index (χ2v) is 7.41. The molecule has 142 valence electrons. The molecule has 1 fully saturated rings. The molecular formula is C19H21FN4O2S. The number of benzene rings is 1. The van der Waals surface area contributed by atoms with E-state index < -0.39 is 11.7 Å². The van der Waals surface area contributed by atoms with Crippen molar-refractivity contribution in [1.29, 1.82) is 0 Å². The Bertz CT molecular complexity index is 795. The van der Waals surface area contributed by atoms with Gasteiger partial charge in [-0.1, -0.05) is 37.1 Å². The number of nitrogens with zero attached hydrogens (tertiary/aromatic N) is 2. The number of amides is 2. The Kier molecular flexibility index (Phi) is 6.75. The minimum Gasteiger partial charge on any atom is -0.353 e. The fraction of sp³-hybridized carbons (Fsp3) is 0.368. The fourth-order valence-electron chi connectivity index (χ4n) is 2.94. The number of carbonyl (C=O) groups is 2. The summed E-state index contributed by atoms with van der Waals surface area (Å²) in [7, 11) is 0. The highest BCUT2D eigenvalue weighted by atomic mass is 32.2. The van der Waals surface area contributed by atoms with Crippen molar-refractivity contribution >= 4 is 29.4 Å². The lowest BCUT2D eigenvalue weighted by atomic mass is 9.95. The predicted molar refractivity (Wildman–Crippen MR) is 102 cm³/mol. The van der Waals surface area contributed by atoms with E-state index in [1.807, 2.05) is 0 Å². The Hall–Kier alpha value is -2.48. The Balaban J connectivity index is 1.47. The van der Waals surface area contributed by atoms with E-state index in [0.29, 0.717) is 11.1 Å². The van der Waals surface area contributed by atoms with Crippen LogP contribution < -0.4 is 10.6 Å². The predicted octanol–water partition coefficient (Wildman–Crippen LogP) is 3.41. The van der Waals surface area contributed by atoms with Crippen molar-refractivity contribution < 1.29 is 14.0 Å². The summed E-state index contributed by atoms with van der Waals surface area (Å²) in [6, 6.07) is 8.98. The first-order chi connectivity index (χ1) is 13.1. The van der Waals surface area contributed by atoms with Gasteiger partial charge < -0.3 is 10.6 Å². The Morgan fingerprint density at radius 2 is 1.93 bits per heavy atom. The number of aromatic nitrogens is 2. The van der Waals surface area contributed by atoms with E-state index in [1.54, 1.807) is 12.1 Å². The van der Waals surface area contributed by atoms with Crippen molar-refractivity contribution in [2.24, 2.45) is 0 Å². The number of carbonyl (C=O) groups excluding carboxylic acids is 2. The Morgan fingerprint density at radius 1 is 1.11 bits per heavy atom. The molecule has 1 heterocycles. The van der Waals surface area contributed by atoms with Gasteiger partial charge in [-0.25, -0.2) is 4.39 Å². The van der Waals surface area contributed by atoms with Gasteiger partial charge in [-0.3, -0.25) is 9.59 Å². The molecule has 0 saturated heterocycles. The topological polar surface area (TPSA) is 84.0 Å². The third-order valence-corrected chi connectivity index (χ3v) is 5.21. The van der Waals surface area contributed by atoms with Crippen LogP contribution >= 0.6 is 11.8 Å². The summed E-state index contributed by atoms with van der Waals surface area (Å²) in [5.41, 5.74) is 0.203. The van der Waals surface area contributed by atoms with Gasteiger partial charge in [0.15, 0.2) is 5.82 Å². The van der Waals surface area contributed by atoms with Crippen LogP contribution in [0.3, 0.4) is 0 Å². The molecule has 0 radical (unpaired) electrons. The van der Waals surface area contributed by atoms with Crippen molar-refractivity contribution in [2.75, 3.05) is 11.1 Å². The molecule has 8 heteroatoms. The van der Waals surface area contributed by atoms with Crippen molar-refractivity contribution in [2.45, 2.75) is 43.2 Å². The molecular weight excluding hydrogens is 367 g/mol. The summed E-state index contributed by atoms with van der Waals surface area (Å²) in [5.74, 6) is -0.402. The largest absolute Gasteiger partial charge is 0.353 e. The van der Waals surface area contributed by atoms with E-state index in [4.69, 9.17) is 0 Å². The van der Waals surface area contributed by atoms with Gasteiger partial charge in [0.1, 0.15) is 10.8 Å². The highest BCUT2D eigenvalue weighted by Gasteiger charge is 2.16. The zero-order chi connectivity index (χ0) is 19.1. The lowest BCUT2D eigenvalue weighted by Gasteiger charge is -2.22. The van der Waals surface area contributed by atoms with Crippen LogP contribution in [0.25, 0.3) is 0 Å². The average molecular weight is 388 g/mol. The third kappa shape index (κ3) is 6.02. The van der Waals surface area contributed by atoms with Crippen molar-refractivity contribution in [3.05, 3.63) is 47.8 Å². The number of anilines is 1. The van der Waals surface area contributed by atoms with E-state index in [0.717, 1.165) is 18.9 Å².